The molecular weight excluding hydrogens is 336 g/mol. The average molecular weight is 352 g/mol. The fraction of sp³-hybridized carbons (Fsp3) is 0.211. The van der Waals surface area contributed by atoms with Gasteiger partial charge in [0.05, 0.1) is 6.54 Å². The van der Waals surface area contributed by atoms with Crippen molar-refractivity contribution in [2.24, 2.45) is 5.73 Å². The van der Waals surface area contributed by atoms with Gasteiger partial charge in [-0.2, -0.15) is 0 Å². The van der Waals surface area contributed by atoms with E-state index < -0.39 is 23.1 Å². The molecule has 0 saturated carbocycles. The lowest BCUT2D eigenvalue weighted by atomic mass is 9.87. The number of ether oxygens (including phenoxy) is 1. The number of benzene rings is 2. The van der Waals surface area contributed by atoms with Crippen molar-refractivity contribution in [3.8, 4) is 0 Å². The van der Waals surface area contributed by atoms with Crippen LogP contribution in [-0.4, -0.2) is 28.5 Å². The second-order valence-electron chi connectivity index (χ2n) is 6.58. The fourth-order valence-electron chi connectivity index (χ4n) is 3.60. The molecule has 0 unspecified atom stereocenters. The molecule has 0 spiro atoms. The summed E-state index contributed by atoms with van der Waals surface area (Å²) in [5.41, 5.74) is 4.67. The molecule has 0 radical (unpaired) electrons. The maximum Gasteiger partial charge on any atom is 0.349 e. The van der Waals surface area contributed by atoms with Crippen molar-refractivity contribution in [1.29, 1.82) is 0 Å². The minimum absolute atomic E-state index is 0.0840. The zero-order valence-corrected chi connectivity index (χ0v) is 13.9. The highest BCUT2D eigenvalue weighted by atomic mass is 16.7. The standard InChI is InChI=1S/C19H16N2O5/c1-18(19(26-18,16(20)23)17(24)25)12-6-8-13(9-7-12)21-10-11-4-2-3-5-14(11)15(21)22/h2-9H,10H2,1H3,(H2,20,23)(H,24,25)/t18-,19-/m0/s1. The first-order valence-corrected chi connectivity index (χ1v) is 8.05. The highest BCUT2D eigenvalue weighted by molar-refractivity contribution is 6.10. The number of aliphatic carboxylic acids is 1. The third kappa shape index (κ3) is 1.94. The van der Waals surface area contributed by atoms with E-state index in [1.807, 2.05) is 18.2 Å². The van der Waals surface area contributed by atoms with Gasteiger partial charge in [0.2, 0.25) is 0 Å². The molecule has 7 heteroatoms. The van der Waals surface area contributed by atoms with E-state index in [-0.39, 0.29) is 5.91 Å². The Labute approximate surface area is 149 Å². The Balaban J connectivity index is 1.63. The second-order valence-corrected chi connectivity index (χ2v) is 6.58. The number of amides is 2. The van der Waals surface area contributed by atoms with Crippen LogP contribution >= 0.6 is 0 Å². The predicted octanol–water partition coefficient (Wildman–Crippen LogP) is 1.40. The number of hydrogen-bond acceptors (Lipinski definition) is 4. The summed E-state index contributed by atoms with van der Waals surface area (Å²) in [6, 6.07) is 14.1. The molecule has 2 aromatic rings. The molecule has 1 fully saturated rings. The van der Waals surface area contributed by atoms with E-state index in [2.05, 4.69) is 0 Å². The maximum absolute atomic E-state index is 12.5. The number of nitrogens with zero attached hydrogens (tertiary/aromatic N) is 1. The highest BCUT2D eigenvalue weighted by Crippen LogP contribution is 2.55. The summed E-state index contributed by atoms with van der Waals surface area (Å²) in [4.78, 5) is 37.3. The summed E-state index contributed by atoms with van der Waals surface area (Å²) < 4.78 is 5.28. The number of carbonyl (C=O) groups is 3. The zero-order chi connectivity index (χ0) is 18.7. The molecule has 2 heterocycles. The summed E-state index contributed by atoms with van der Waals surface area (Å²) in [6.07, 6.45) is 0. The van der Waals surface area contributed by atoms with E-state index in [9.17, 15) is 19.5 Å². The molecule has 3 N–H and O–H groups in total. The third-order valence-electron chi connectivity index (χ3n) is 5.19. The van der Waals surface area contributed by atoms with Crippen LogP contribution in [0.4, 0.5) is 5.69 Å². The quantitative estimate of drug-likeness (QED) is 0.638. The number of rotatable bonds is 4. The first-order valence-electron chi connectivity index (χ1n) is 8.05. The molecule has 7 nitrogen and oxygen atoms in total. The number of carboxylic acid groups (broad SMARTS) is 1. The van der Waals surface area contributed by atoms with Crippen molar-refractivity contribution in [1.82, 2.24) is 0 Å². The topological polar surface area (TPSA) is 113 Å². The molecule has 2 atom stereocenters. The first kappa shape index (κ1) is 16.3. The van der Waals surface area contributed by atoms with Crippen LogP contribution in [0.1, 0.15) is 28.4 Å². The maximum atomic E-state index is 12.5. The molecular formula is C19H16N2O5. The number of carbonyl (C=O) groups excluding carboxylic acids is 2. The molecule has 0 aromatic heterocycles. The van der Waals surface area contributed by atoms with E-state index in [0.29, 0.717) is 23.4 Å². The van der Waals surface area contributed by atoms with Gasteiger partial charge in [0, 0.05) is 11.3 Å². The molecule has 2 amide bonds. The summed E-state index contributed by atoms with van der Waals surface area (Å²) in [5, 5.41) is 9.35. The van der Waals surface area contributed by atoms with Crippen molar-refractivity contribution in [2.75, 3.05) is 4.90 Å². The van der Waals surface area contributed by atoms with Crippen LogP contribution < -0.4 is 10.6 Å². The number of nitrogens with two attached hydrogens (primary N) is 1. The van der Waals surface area contributed by atoms with Gasteiger partial charge in [-0.25, -0.2) is 4.79 Å². The van der Waals surface area contributed by atoms with E-state index in [1.165, 1.54) is 6.92 Å². The molecule has 0 aliphatic carbocycles. The number of primary amides is 1. The molecule has 2 aromatic carbocycles. The van der Waals surface area contributed by atoms with Gasteiger partial charge in [0.1, 0.15) is 5.60 Å². The summed E-state index contributed by atoms with van der Waals surface area (Å²) in [5.74, 6) is -2.54. The monoisotopic (exact) mass is 352 g/mol. The molecule has 132 valence electrons. The molecule has 2 aliphatic rings. The van der Waals surface area contributed by atoms with Crippen molar-refractivity contribution in [3.63, 3.8) is 0 Å². The Bertz CT molecular complexity index is 939. The normalized spacial score (nSPS) is 26.5. The smallest absolute Gasteiger partial charge is 0.349 e. The number of epoxide rings is 1. The lowest BCUT2D eigenvalue weighted by Gasteiger charge is -2.17. The van der Waals surface area contributed by atoms with E-state index >= 15 is 0 Å². The Hall–Kier alpha value is -3.19. The molecule has 0 bridgehead atoms. The van der Waals surface area contributed by atoms with Crippen molar-refractivity contribution in [2.45, 2.75) is 24.7 Å². The Morgan fingerprint density at radius 1 is 1.15 bits per heavy atom. The number of carboxylic acids is 1. The van der Waals surface area contributed by atoms with Gasteiger partial charge in [0.25, 0.3) is 17.4 Å². The Morgan fingerprint density at radius 2 is 1.81 bits per heavy atom. The average Bonchev–Trinajstić information content (AvgIpc) is 3.17. The molecule has 26 heavy (non-hydrogen) atoms. The van der Waals surface area contributed by atoms with Gasteiger partial charge >= 0.3 is 5.97 Å². The van der Waals surface area contributed by atoms with Gasteiger partial charge in [-0.05, 0) is 36.2 Å². The summed E-state index contributed by atoms with van der Waals surface area (Å²) in [7, 11) is 0. The molecule has 4 rings (SSSR count). The van der Waals surface area contributed by atoms with Crippen LogP contribution in [0, 0.1) is 0 Å². The van der Waals surface area contributed by atoms with Crippen LogP contribution in [0.5, 0.6) is 0 Å². The minimum Gasteiger partial charge on any atom is -0.479 e. The Morgan fingerprint density at radius 3 is 2.35 bits per heavy atom. The van der Waals surface area contributed by atoms with Gasteiger partial charge < -0.3 is 20.5 Å². The van der Waals surface area contributed by atoms with E-state index in [0.717, 1.165) is 5.56 Å². The van der Waals surface area contributed by atoms with Crippen LogP contribution in [0.3, 0.4) is 0 Å². The van der Waals surface area contributed by atoms with Crippen LogP contribution in [0.2, 0.25) is 0 Å². The van der Waals surface area contributed by atoms with Crippen molar-refractivity contribution >= 4 is 23.5 Å². The first-order chi connectivity index (χ1) is 12.3. The summed E-state index contributed by atoms with van der Waals surface area (Å²) >= 11 is 0. The second kappa shape index (κ2) is 5.15. The highest BCUT2D eigenvalue weighted by Gasteiger charge is 2.77. The van der Waals surface area contributed by atoms with Crippen LogP contribution in [0.25, 0.3) is 0 Å². The third-order valence-corrected chi connectivity index (χ3v) is 5.19. The van der Waals surface area contributed by atoms with Crippen molar-refractivity contribution in [3.05, 3.63) is 65.2 Å². The van der Waals surface area contributed by atoms with Gasteiger partial charge in [-0.15, -0.1) is 0 Å². The summed E-state index contributed by atoms with van der Waals surface area (Å²) in [6.45, 7) is 1.99. The predicted molar refractivity (Wildman–Crippen MR) is 91.4 cm³/mol. The lowest BCUT2D eigenvalue weighted by molar-refractivity contribution is -0.147. The largest absolute Gasteiger partial charge is 0.479 e. The lowest BCUT2D eigenvalue weighted by Crippen LogP contribution is -2.44. The van der Waals surface area contributed by atoms with E-state index in [1.54, 1.807) is 35.2 Å². The van der Waals surface area contributed by atoms with Crippen LogP contribution in [0.15, 0.2) is 48.5 Å². The van der Waals surface area contributed by atoms with Crippen molar-refractivity contribution < 1.29 is 24.2 Å². The number of anilines is 1. The van der Waals surface area contributed by atoms with Gasteiger partial charge in [-0.1, -0.05) is 30.3 Å². The number of hydrogen-bond donors (Lipinski definition) is 2. The molecule has 2 aliphatic heterocycles. The molecule has 1 saturated heterocycles. The van der Waals surface area contributed by atoms with Crippen LogP contribution in [-0.2, 0) is 26.5 Å². The minimum atomic E-state index is -2.06. The number of fused-ring (bicyclic) bond motifs is 1. The fourth-order valence-corrected chi connectivity index (χ4v) is 3.60. The van der Waals surface area contributed by atoms with Gasteiger partial charge in [-0.3, -0.25) is 9.59 Å². The SMILES string of the molecule is C[C@@]1(c2ccc(N3Cc4ccccc4C3=O)cc2)O[C@@]1(C(N)=O)C(=O)O. The Kier molecular flexibility index (Phi) is 3.23. The zero-order valence-electron chi connectivity index (χ0n) is 13.9. The van der Waals surface area contributed by atoms with Gasteiger partial charge in [0.15, 0.2) is 0 Å². The van der Waals surface area contributed by atoms with E-state index in [4.69, 9.17) is 10.5 Å².